The predicted octanol–water partition coefficient (Wildman–Crippen LogP) is 17.2. The van der Waals surface area contributed by atoms with Gasteiger partial charge >= 0.3 is 17.9 Å². The molecule has 0 saturated carbocycles. The van der Waals surface area contributed by atoms with Crippen LogP contribution in [-0.2, 0) is 28.6 Å². The second-order valence-electron chi connectivity index (χ2n) is 17.0. The monoisotopic (exact) mass is 877 g/mol. The number of carbonyl (C=O) groups excluding carboxylic acids is 3. The van der Waals surface area contributed by atoms with Crippen LogP contribution in [0.5, 0.6) is 0 Å². The SMILES string of the molecule is CC/C=C\C/C=C\C/C=C\C/C=C\C/C=C\CCCCCCCC(=O)OCC(COC(=O)CCCCCCC/C=C\CCC)OC(=O)CCCCCCC/C=C\CCCCCCC. The number of esters is 3. The molecule has 6 nitrogen and oxygen atoms in total. The maximum atomic E-state index is 12.8. The molecule has 360 valence electrons. The Morgan fingerprint density at radius 2 is 0.651 bits per heavy atom. The highest BCUT2D eigenvalue weighted by Gasteiger charge is 2.19. The van der Waals surface area contributed by atoms with Gasteiger partial charge in [-0.1, -0.05) is 196 Å². The third-order valence-corrected chi connectivity index (χ3v) is 10.8. The van der Waals surface area contributed by atoms with E-state index in [1.807, 2.05) is 0 Å². The van der Waals surface area contributed by atoms with Gasteiger partial charge in [0, 0.05) is 19.3 Å². The van der Waals surface area contributed by atoms with Crippen molar-refractivity contribution in [3.8, 4) is 0 Å². The molecule has 0 aliphatic rings. The van der Waals surface area contributed by atoms with E-state index >= 15 is 0 Å². The molecule has 0 aliphatic carbocycles. The number of rotatable bonds is 46. The quantitative estimate of drug-likeness (QED) is 0.0262. The van der Waals surface area contributed by atoms with Gasteiger partial charge < -0.3 is 14.2 Å². The highest BCUT2D eigenvalue weighted by Crippen LogP contribution is 2.13. The van der Waals surface area contributed by atoms with E-state index in [0.29, 0.717) is 19.3 Å². The van der Waals surface area contributed by atoms with Crippen LogP contribution in [0.4, 0.5) is 0 Å². The third-order valence-electron chi connectivity index (χ3n) is 10.8. The van der Waals surface area contributed by atoms with Gasteiger partial charge in [0.05, 0.1) is 0 Å². The molecule has 0 aliphatic heterocycles. The van der Waals surface area contributed by atoms with E-state index < -0.39 is 6.10 Å². The van der Waals surface area contributed by atoms with E-state index in [1.54, 1.807) is 0 Å². The van der Waals surface area contributed by atoms with Crippen molar-refractivity contribution in [2.24, 2.45) is 0 Å². The average molecular weight is 877 g/mol. The zero-order valence-electron chi connectivity index (χ0n) is 41.1. The van der Waals surface area contributed by atoms with Crippen LogP contribution in [0, 0.1) is 0 Å². The number of unbranched alkanes of at least 4 members (excludes halogenated alkanes) is 21. The van der Waals surface area contributed by atoms with Crippen LogP contribution in [0.25, 0.3) is 0 Å². The van der Waals surface area contributed by atoms with Crippen molar-refractivity contribution in [1.82, 2.24) is 0 Å². The van der Waals surface area contributed by atoms with Crippen LogP contribution < -0.4 is 0 Å². The van der Waals surface area contributed by atoms with Gasteiger partial charge in [-0.2, -0.15) is 0 Å². The summed E-state index contributed by atoms with van der Waals surface area (Å²) in [5, 5.41) is 0. The van der Waals surface area contributed by atoms with E-state index in [4.69, 9.17) is 14.2 Å². The van der Waals surface area contributed by atoms with Crippen LogP contribution in [0.1, 0.15) is 239 Å². The second-order valence-corrected chi connectivity index (χ2v) is 17.0. The fraction of sp³-hybridized carbons (Fsp3) is 0.702. The van der Waals surface area contributed by atoms with Gasteiger partial charge in [0.25, 0.3) is 0 Å². The van der Waals surface area contributed by atoms with Crippen molar-refractivity contribution < 1.29 is 28.6 Å². The Kier molecular flexibility index (Phi) is 48.5. The van der Waals surface area contributed by atoms with Crippen molar-refractivity contribution in [1.29, 1.82) is 0 Å². The van der Waals surface area contributed by atoms with Crippen LogP contribution in [0.2, 0.25) is 0 Å². The molecule has 1 atom stereocenters. The first-order valence-corrected chi connectivity index (χ1v) is 26.1. The third kappa shape index (κ3) is 49.5. The van der Waals surface area contributed by atoms with Crippen LogP contribution in [0.3, 0.4) is 0 Å². The number of ether oxygens (including phenoxy) is 3. The molecular weight excluding hydrogens is 781 g/mol. The summed E-state index contributed by atoms with van der Waals surface area (Å²) in [6, 6.07) is 0. The average Bonchev–Trinajstić information content (AvgIpc) is 3.28. The van der Waals surface area contributed by atoms with Gasteiger partial charge in [-0.25, -0.2) is 0 Å². The summed E-state index contributed by atoms with van der Waals surface area (Å²) >= 11 is 0. The van der Waals surface area contributed by atoms with Crippen molar-refractivity contribution in [3.05, 3.63) is 85.1 Å². The van der Waals surface area contributed by atoms with E-state index in [-0.39, 0.29) is 31.1 Å². The minimum absolute atomic E-state index is 0.0912. The van der Waals surface area contributed by atoms with E-state index in [0.717, 1.165) is 141 Å². The topological polar surface area (TPSA) is 78.9 Å². The first-order chi connectivity index (χ1) is 31.0. The molecule has 6 heteroatoms. The molecule has 0 heterocycles. The fourth-order valence-electron chi connectivity index (χ4n) is 6.94. The van der Waals surface area contributed by atoms with Crippen LogP contribution in [-0.4, -0.2) is 37.2 Å². The largest absolute Gasteiger partial charge is 0.462 e. The van der Waals surface area contributed by atoms with Crippen LogP contribution >= 0.6 is 0 Å². The van der Waals surface area contributed by atoms with Gasteiger partial charge in [0.2, 0.25) is 0 Å². The summed E-state index contributed by atoms with van der Waals surface area (Å²) in [6.07, 6.45) is 65.7. The maximum Gasteiger partial charge on any atom is 0.306 e. The zero-order valence-corrected chi connectivity index (χ0v) is 41.1. The summed E-state index contributed by atoms with van der Waals surface area (Å²) in [5.74, 6) is -0.931. The second kappa shape index (κ2) is 51.2. The molecule has 0 aromatic carbocycles. The molecule has 0 amide bonds. The lowest BCUT2D eigenvalue weighted by Crippen LogP contribution is -2.30. The van der Waals surface area contributed by atoms with Gasteiger partial charge in [0.1, 0.15) is 13.2 Å². The van der Waals surface area contributed by atoms with E-state index in [2.05, 4.69) is 106 Å². The Labute approximate surface area is 388 Å². The first-order valence-electron chi connectivity index (χ1n) is 26.1. The molecule has 63 heavy (non-hydrogen) atoms. The molecule has 0 aromatic heterocycles. The number of allylic oxidation sites excluding steroid dienone is 14. The fourth-order valence-corrected chi connectivity index (χ4v) is 6.94. The Bertz CT molecular complexity index is 1240. The Morgan fingerprint density at radius 1 is 0.333 bits per heavy atom. The zero-order chi connectivity index (χ0) is 45.8. The summed E-state index contributed by atoms with van der Waals surface area (Å²) in [7, 11) is 0. The summed E-state index contributed by atoms with van der Waals surface area (Å²) < 4.78 is 16.7. The number of hydrogen-bond donors (Lipinski definition) is 0. The standard InChI is InChI=1S/C57H96O6/c1-4-7-10-13-16-19-22-24-26-27-28-29-30-31-32-34-35-38-41-44-47-50-56(59)62-53-54(52-61-55(58)49-46-43-40-37-21-18-15-12-9-6-3)63-57(60)51-48-45-42-39-36-33-25-23-20-17-14-11-8-5-2/h7,10,12,15-16,19,23-26,28-29,31-32,54H,4-6,8-9,11,13-14,17-18,20-22,27,30,33-53H2,1-3H3/b10-7-,15-12-,19-16-,25-23-,26-24-,29-28-,32-31-. The van der Waals surface area contributed by atoms with E-state index in [9.17, 15) is 14.4 Å². The van der Waals surface area contributed by atoms with Gasteiger partial charge in [0.15, 0.2) is 6.10 Å². The molecule has 0 radical (unpaired) electrons. The maximum absolute atomic E-state index is 12.8. The lowest BCUT2D eigenvalue weighted by atomic mass is 10.1. The Balaban J connectivity index is 4.38. The number of carbonyl (C=O) groups is 3. The molecule has 0 bridgehead atoms. The van der Waals surface area contributed by atoms with Crippen molar-refractivity contribution in [2.45, 2.75) is 245 Å². The van der Waals surface area contributed by atoms with E-state index in [1.165, 1.54) is 57.8 Å². The minimum atomic E-state index is -0.791. The van der Waals surface area contributed by atoms with Crippen molar-refractivity contribution >= 4 is 17.9 Å². The Morgan fingerprint density at radius 3 is 1.05 bits per heavy atom. The summed E-state index contributed by atoms with van der Waals surface area (Å²) in [5.41, 5.74) is 0. The highest BCUT2D eigenvalue weighted by atomic mass is 16.6. The highest BCUT2D eigenvalue weighted by molar-refractivity contribution is 5.71. The normalized spacial score (nSPS) is 12.7. The van der Waals surface area contributed by atoms with Gasteiger partial charge in [-0.3, -0.25) is 14.4 Å². The molecule has 0 N–H and O–H groups in total. The molecule has 0 rings (SSSR count). The molecule has 1 unspecified atom stereocenters. The van der Waals surface area contributed by atoms with Gasteiger partial charge in [-0.15, -0.1) is 0 Å². The Hall–Kier alpha value is -3.41. The summed E-state index contributed by atoms with van der Waals surface area (Å²) in [4.78, 5) is 37.9. The molecule has 0 aromatic rings. The smallest absolute Gasteiger partial charge is 0.306 e. The summed E-state index contributed by atoms with van der Waals surface area (Å²) in [6.45, 7) is 6.42. The molecule has 0 fully saturated rings. The molecular formula is C57H96O6. The number of hydrogen-bond acceptors (Lipinski definition) is 6. The van der Waals surface area contributed by atoms with Crippen molar-refractivity contribution in [3.63, 3.8) is 0 Å². The first kappa shape index (κ1) is 59.6. The predicted molar refractivity (Wildman–Crippen MR) is 270 cm³/mol. The van der Waals surface area contributed by atoms with Crippen LogP contribution in [0.15, 0.2) is 85.1 Å². The lowest BCUT2D eigenvalue weighted by molar-refractivity contribution is -0.167. The molecule has 0 spiro atoms. The lowest BCUT2D eigenvalue weighted by Gasteiger charge is -2.18. The van der Waals surface area contributed by atoms with Gasteiger partial charge in [-0.05, 0) is 109 Å². The van der Waals surface area contributed by atoms with Crippen molar-refractivity contribution in [2.75, 3.05) is 13.2 Å². The molecule has 0 saturated heterocycles. The minimum Gasteiger partial charge on any atom is -0.462 e.